The van der Waals surface area contributed by atoms with Crippen molar-refractivity contribution in [3.05, 3.63) is 28.8 Å². The van der Waals surface area contributed by atoms with Gasteiger partial charge in [0.15, 0.2) is 0 Å². The van der Waals surface area contributed by atoms with E-state index in [4.69, 9.17) is 5.73 Å². The van der Waals surface area contributed by atoms with Gasteiger partial charge in [-0.15, -0.1) is 0 Å². The molecule has 2 N–H and O–H groups in total. The Morgan fingerprint density at radius 1 is 1.25 bits per heavy atom. The molecule has 1 aromatic rings. The quantitative estimate of drug-likeness (QED) is 0.673. The molecule has 1 aliphatic heterocycles. The first-order valence-electron chi connectivity index (χ1n) is 6.34. The van der Waals surface area contributed by atoms with Gasteiger partial charge in [0.1, 0.15) is 0 Å². The van der Waals surface area contributed by atoms with Gasteiger partial charge >= 0.3 is 0 Å². The maximum atomic E-state index is 6.00. The zero-order valence-electron chi connectivity index (χ0n) is 10.00. The third kappa shape index (κ3) is 1.61. The summed E-state index contributed by atoms with van der Waals surface area (Å²) in [7, 11) is 2.24. The number of hydrogen-bond acceptors (Lipinski definition) is 2. The lowest BCUT2D eigenvalue weighted by atomic mass is 9.80. The minimum absolute atomic E-state index is 0.756. The molecule has 16 heavy (non-hydrogen) atoms. The number of nitrogens with zero attached hydrogens (tertiary/aromatic N) is 1. The first-order valence-corrected chi connectivity index (χ1v) is 6.34. The van der Waals surface area contributed by atoms with Crippen molar-refractivity contribution in [2.45, 2.75) is 31.6 Å². The Labute approximate surface area is 97.4 Å². The van der Waals surface area contributed by atoms with E-state index in [1.165, 1.54) is 49.9 Å². The van der Waals surface area contributed by atoms with Crippen molar-refractivity contribution in [3.63, 3.8) is 0 Å². The normalized spacial score (nSPS) is 24.9. The lowest BCUT2D eigenvalue weighted by Gasteiger charge is -2.28. The van der Waals surface area contributed by atoms with Crippen molar-refractivity contribution in [2.75, 3.05) is 25.9 Å². The topological polar surface area (TPSA) is 29.3 Å². The maximum absolute atomic E-state index is 6.00. The van der Waals surface area contributed by atoms with E-state index in [1.54, 1.807) is 5.56 Å². The number of hydrogen-bond donors (Lipinski definition) is 1. The molecule has 0 saturated carbocycles. The average Bonchev–Trinajstić information content (AvgIpc) is 2.40. The molecule has 2 nitrogen and oxygen atoms in total. The Kier molecular flexibility index (Phi) is 2.40. The average molecular weight is 216 g/mol. The Bertz CT molecular complexity index is 411. The molecule has 0 spiro atoms. The van der Waals surface area contributed by atoms with E-state index in [0.717, 1.165) is 11.6 Å². The summed E-state index contributed by atoms with van der Waals surface area (Å²) in [5.74, 6) is 0.756. The lowest BCUT2D eigenvalue weighted by molar-refractivity contribution is 0.313. The van der Waals surface area contributed by atoms with Crippen LogP contribution in [0.25, 0.3) is 0 Å². The maximum Gasteiger partial charge on any atom is 0.0319 e. The van der Waals surface area contributed by atoms with Gasteiger partial charge in [-0.3, -0.25) is 0 Å². The fraction of sp³-hybridized carbons (Fsp3) is 0.571. The van der Waals surface area contributed by atoms with Crippen molar-refractivity contribution in [2.24, 2.45) is 0 Å². The SMILES string of the molecule is CN1CCc2cc(N)cc3c2C(CCC3)C1. The second-order valence-corrected chi connectivity index (χ2v) is 5.35. The summed E-state index contributed by atoms with van der Waals surface area (Å²) in [4.78, 5) is 2.47. The van der Waals surface area contributed by atoms with Gasteiger partial charge < -0.3 is 10.6 Å². The van der Waals surface area contributed by atoms with Gasteiger partial charge in [-0.2, -0.15) is 0 Å². The molecule has 0 aromatic heterocycles. The van der Waals surface area contributed by atoms with Gasteiger partial charge in [0.2, 0.25) is 0 Å². The van der Waals surface area contributed by atoms with Gasteiger partial charge in [-0.25, -0.2) is 0 Å². The Morgan fingerprint density at radius 3 is 2.81 bits per heavy atom. The van der Waals surface area contributed by atoms with Gasteiger partial charge in [0.25, 0.3) is 0 Å². The highest BCUT2D eigenvalue weighted by Gasteiger charge is 2.26. The number of rotatable bonds is 0. The van der Waals surface area contributed by atoms with Crippen LogP contribution in [0.3, 0.4) is 0 Å². The second kappa shape index (κ2) is 3.77. The van der Waals surface area contributed by atoms with E-state index in [1.807, 2.05) is 0 Å². The van der Waals surface area contributed by atoms with E-state index in [9.17, 15) is 0 Å². The van der Waals surface area contributed by atoms with Crippen molar-refractivity contribution >= 4 is 5.69 Å². The molecule has 0 radical (unpaired) electrons. The molecule has 1 atom stereocenters. The first kappa shape index (κ1) is 10.2. The monoisotopic (exact) mass is 216 g/mol. The Hall–Kier alpha value is -1.02. The van der Waals surface area contributed by atoms with Crippen LogP contribution in [0.5, 0.6) is 0 Å². The van der Waals surface area contributed by atoms with Crippen molar-refractivity contribution in [3.8, 4) is 0 Å². The molecule has 0 bridgehead atoms. The highest BCUT2D eigenvalue weighted by molar-refractivity contribution is 5.52. The van der Waals surface area contributed by atoms with Crippen LogP contribution in [-0.4, -0.2) is 25.0 Å². The molecule has 0 saturated heterocycles. The molecule has 0 fully saturated rings. The first-order chi connectivity index (χ1) is 7.74. The van der Waals surface area contributed by atoms with Gasteiger partial charge in [-0.05, 0) is 67.5 Å². The summed E-state index contributed by atoms with van der Waals surface area (Å²) in [5, 5.41) is 0. The molecule has 0 amide bonds. The zero-order valence-corrected chi connectivity index (χ0v) is 10.00. The van der Waals surface area contributed by atoms with Gasteiger partial charge in [0.05, 0.1) is 0 Å². The minimum atomic E-state index is 0.756. The molecule has 3 rings (SSSR count). The van der Waals surface area contributed by atoms with Gasteiger partial charge in [-0.1, -0.05) is 0 Å². The number of aryl methyl sites for hydroxylation is 1. The molecular formula is C14H20N2. The Morgan fingerprint density at radius 2 is 2.00 bits per heavy atom. The largest absolute Gasteiger partial charge is 0.399 e. The summed E-state index contributed by atoms with van der Waals surface area (Å²) >= 11 is 0. The third-order valence-electron chi connectivity index (χ3n) is 4.08. The number of anilines is 1. The predicted molar refractivity (Wildman–Crippen MR) is 67.7 cm³/mol. The third-order valence-corrected chi connectivity index (χ3v) is 4.08. The molecule has 1 aromatic carbocycles. The van der Waals surface area contributed by atoms with Crippen LogP contribution in [0.2, 0.25) is 0 Å². The van der Waals surface area contributed by atoms with Crippen LogP contribution >= 0.6 is 0 Å². The lowest BCUT2D eigenvalue weighted by Crippen LogP contribution is -2.25. The van der Waals surface area contributed by atoms with Gasteiger partial charge in [0, 0.05) is 18.8 Å². The van der Waals surface area contributed by atoms with E-state index in [2.05, 4.69) is 24.1 Å². The summed E-state index contributed by atoms with van der Waals surface area (Å²) in [6.07, 6.45) is 5.08. The number of likely N-dealkylation sites (N-methyl/N-ethyl adjacent to an activating group) is 1. The van der Waals surface area contributed by atoms with E-state index < -0.39 is 0 Å². The molecule has 1 heterocycles. The van der Waals surface area contributed by atoms with E-state index >= 15 is 0 Å². The second-order valence-electron chi connectivity index (χ2n) is 5.35. The van der Waals surface area contributed by atoms with Crippen molar-refractivity contribution in [1.29, 1.82) is 0 Å². The highest BCUT2D eigenvalue weighted by Crippen LogP contribution is 2.37. The summed E-state index contributed by atoms with van der Waals surface area (Å²) in [6, 6.07) is 4.41. The molecule has 86 valence electrons. The molecular weight excluding hydrogens is 196 g/mol. The molecule has 1 unspecified atom stereocenters. The minimum Gasteiger partial charge on any atom is -0.399 e. The van der Waals surface area contributed by atoms with Crippen LogP contribution < -0.4 is 5.73 Å². The van der Waals surface area contributed by atoms with E-state index in [-0.39, 0.29) is 0 Å². The number of benzene rings is 1. The summed E-state index contributed by atoms with van der Waals surface area (Å²) in [6.45, 7) is 2.40. The fourth-order valence-electron chi connectivity index (χ4n) is 3.39. The number of nitrogens with two attached hydrogens (primary N) is 1. The summed E-state index contributed by atoms with van der Waals surface area (Å²) < 4.78 is 0. The smallest absolute Gasteiger partial charge is 0.0319 e. The van der Waals surface area contributed by atoms with Crippen LogP contribution in [-0.2, 0) is 12.8 Å². The predicted octanol–water partition coefficient (Wildman–Crippen LogP) is 2.18. The van der Waals surface area contributed by atoms with Crippen LogP contribution in [0, 0.1) is 0 Å². The standard InChI is InChI=1S/C14H20N2/c1-16-6-5-11-8-13(15)7-10-3-2-4-12(9-16)14(10)11/h7-8,12H,2-6,9,15H2,1H3. The summed E-state index contributed by atoms with van der Waals surface area (Å²) in [5.41, 5.74) is 11.6. The number of nitrogen functional groups attached to an aromatic ring is 1. The van der Waals surface area contributed by atoms with Crippen LogP contribution in [0.15, 0.2) is 12.1 Å². The highest BCUT2D eigenvalue weighted by atomic mass is 15.1. The van der Waals surface area contributed by atoms with Crippen molar-refractivity contribution in [1.82, 2.24) is 4.90 Å². The zero-order chi connectivity index (χ0) is 11.1. The molecule has 2 aliphatic rings. The van der Waals surface area contributed by atoms with Crippen molar-refractivity contribution < 1.29 is 0 Å². The van der Waals surface area contributed by atoms with Crippen LogP contribution in [0.1, 0.15) is 35.4 Å². The van der Waals surface area contributed by atoms with E-state index in [0.29, 0.717) is 0 Å². The fourth-order valence-corrected chi connectivity index (χ4v) is 3.39. The Balaban J connectivity index is 2.12. The molecule has 2 heteroatoms. The van der Waals surface area contributed by atoms with Crippen LogP contribution in [0.4, 0.5) is 5.69 Å². The molecule has 1 aliphatic carbocycles.